The third-order valence-corrected chi connectivity index (χ3v) is 8.49. The normalized spacial score (nSPS) is 16.0. The van der Waals surface area contributed by atoms with Gasteiger partial charge in [0.1, 0.15) is 11.4 Å². The van der Waals surface area contributed by atoms with Crippen molar-refractivity contribution in [3.05, 3.63) is 105 Å². The summed E-state index contributed by atoms with van der Waals surface area (Å²) in [5.41, 5.74) is 2.28. The van der Waals surface area contributed by atoms with E-state index in [9.17, 15) is 5.26 Å². The summed E-state index contributed by atoms with van der Waals surface area (Å²) in [4.78, 5) is 11.2. The van der Waals surface area contributed by atoms with Crippen molar-refractivity contribution in [3.63, 3.8) is 0 Å². The molecule has 1 aliphatic heterocycles. The molecule has 1 aliphatic rings. The number of ether oxygens (including phenoxy) is 1. The third-order valence-electron chi connectivity index (χ3n) is 6.28. The van der Waals surface area contributed by atoms with Gasteiger partial charge in [0.05, 0.1) is 19.2 Å². The molecule has 0 amide bonds. The molecule has 0 unspecified atom stereocenters. The molecule has 0 fully saturated rings. The van der Waals surface area contributed by atoms with Crippen molar-refractivity contribution in [1.29, 1.82) is 5.26 Å². The minimum atomic E-state index is -0.807. The van der Waals surface area contributed by atoms with E-state index in [0.717, 1.165) is 4.88 Å². The molecule has 0 radical (unpaired) electrons. The van der Waals surface area contributed by atoms with Gasteiger partial charge in [-0.05, 0) is 72.7 Å². The summed E-state index contributed by atoms with van der Waals surface area (Å²) in [6.45, 7) is 18.6. The number of nitriles is 1. The van der Waals surface area contributed by atoms with Crippen LogP contribution in [0, 0.1) is 24.5 Å². The lowest BCUT2D eigenvalue weighted by molar-refractivity contribution is 0.0952. The Morgan fingerprint density at radius 3 is 2.35 bits per heavy atom. The standard InChI is InChI=1S/C30H22N4OS2/c1-30(2)23(28(33-4)29(35-30)24(17-31)32-3)12-11-22-14-19-13-20-15-25(37-27(20)16-26(19)36-22)18-7-9-21(10-8-18)34(5)6/h7-16H,1-2,5-6H3/b12-11+,29-24+. The van der Waals surface area contributed by atoms with Crippen LogP contribution in [0.3, 0.4) is 0 Å². The fraction of sp³-hybridized carbons (Fsp3) is 0.167. The number of fused-ring (bicyclic) bond motifs is 2. The highest BCUT2D eigenvalue weighted by atomic mass is 32.1. The fourth-order valence-electron chi connectivity index (χ4n) is 4.35. The van der Waals surface area contributed by atoms with Crippen LogP contribution in [0.4, 0.5) is 5.69 Å². The Bertz CT molecular complexity index is 1710. The van der Waals surface area contributed by atoms with Crippen LogP contribution in [-0.2, 0) is 4.74 Å². The van der Waals surface area contributed by atoms with Gasteiger partial charge in [-0.3, -0.25) is 0 Å². The van der Waals surface area contributed by atoms with Crippen LogP contribution in [0.25, 0.3) is 46.4 Å². The number of hydrogen-bond acceptors (Lipinski definition) is 5. The molecule has 2 aromatic heterocycles. The van der Waals surface area contributed by atoms with E-state index in [4.69, 9.17) is 17.9 Å². The first-order chi connectivity index (χ1) is 17.7. The smallest absolute Gasteiger partial charge is 0.292 e. The first-order valence-electron chi connectivity index (χ1n) is 11.5. The van der Waals surface area contributed by atoms with Gasteiger partial charge >= 0.3 is 0 Å². The van der Waals surface area contributed by atoms with E-state index < -0.39 is 5.60 Å². The molecular weight excluding hydrogens is 496 g/mol. The quantitative estimate of drug-likeness (QED) is 0.201. The Morgan fingerprint density at radius 2 is 1.70 bits per heavy atom. The third kappa shape index (κ3) is 4.39. The van der Waals surface area contributed by atoms with Gasteiger partial charge in [-0.25, -0.2) is 15.0 Å². The van der Waals surface area contributed by atoms with Crippen molar-refractivity contribution in [3.8, 4) is 16.5 Å². The van der Waals surface area contributed by atoms with Gasteiger partial charge in [-0.2, -0.15) is 0 Å². The molecule has 37 heavy (non-hydrogen) atoms. The maximum atomic E-state index is 9.28. The minimum Gasteiger partial charge on any atom is -0.505 e. The number of thiophene rings is 2. The highest BCUT2D eigenvalue weighted by molar-refractivity contribution is 7.23. The predicted molar refractivity (Wildman–Crippen MR) is 154 cm³/mol. The van der Waals surface area contributed by atoms with Crippen molar-refractivity contribution in [2.24, 2.45) is 0 Å². The molecule has 3 heterocycles. The van der Waals surface area contributed by atoms with Crippen LogP contribution < -0.4 is 4.90 Å². The Kier molecular flexibility index (Phi) is 6.10. The molecule has 4 aromatic rings. The van der Waals surface area contributed by atoms with E-state index in [1.807, 2.05) is 46.2 Å². The molecule has 5 rings (SSSR count). The Labute approximate surface area is 224 Å². The summed E-state index contributed by atoms with van der Waals surface area (Å²) in [6, 6.07) is 19.3. The van der Waals surface area contributed by atoms with Crippen LogP contribution in [0.15, 0.2) is 77.3 Å². The van der Waals surface area contributed by atoms with Gasteiger partial charge in [0.15, 0.2) is 0 Å². The van der Waals surface area contributed by atoms with E-state index >= 15 is 0 Å². The Hall–Kier alpha value is -4.35. The van der Waals surface area contributed by atoms with Gasteiger partial charge in [0.25, 0.3) is 5.70 Å². The van der Waals surface area contributed by atoms with E-state index in [-0.39, 0.29) is 17.2 Å². The summed E-state index contributed by atoms with van der Waals surface area (Å²) < 4.78 is 8.32. The van der Waals surface area contributed by atoms with Crippen LogP contribution in [0.5, 0.6) is 0 Å². The van der Waals surface area contributed by atoms with E-state index in [1.165, 1.54) is 36.3 Å². The van der Waals surface area contributed by atoms with Crippen molar-refractivity contribution in [2.75, 3.05) is 19.0 Å². The SMILES string of the molecule is [C-]#[N+]C1=C(/C=C/c2cc3cc4cc(-c5ccc(N(C)C)cc5)sc4cc3s2)C(C)(C)O/C1=C(\C#N)[N+]#[C-]. The van der Waals surface area contributed by atoms with Crippen molar-refractivity contribution >= 4 is 54.6 Å². The maximum absolute atomic E-state index is 9.28. The molecule has 180 valence electrons. The summed E-state index contributed by atoms with van der Waals surface area (Å²) >= 11 is 3.49. The van der Waals surface area contributed by atoms with Gasteiger partial charge in [-0.15, -0.1) is 22.7 Å². The van der Waals surface area contributed by atoms with E-state index in [2.05, 4.69) is 63.1 Å². The van der Waals surface area contributed by atoms with Gasteiger partial charge in [-0.1, -0.05) is 18.2 Å². The zero-order chi connectivity index (χ0) is 26.3. The topological polar surface area (TPSA) is 45.0 Å². The summed E-state index contributed by atoms with van der Waals surface area (Å²) in [7, 11) is 4.09. The van der Waals surface area contributed by atoms with Gasteiger partial charge in [0, 0.05) is 44.5 Å². The largest absolute Gasteiger partial charge is 0.505 e. The molecular formula is C30H22N4OS2. The number of benzene rings is 2. The number of rotatable bonds is 4. The summed E-state index contributed by atoms with van der Waals surface area (Å²) in [5, 5.41) is 11.7. The monoisotopic (exact) mass is 518 g/mol. The highest BCUT2D eigenvalue weighted by Gasteiger charge is 2.38. The molecule has 0 N–H and O–H groups in total. The van der Waals surface area contributed by atoms with Gasteiger partial charge < -0.3 is 9.64 Å². The second kappa shape index (κ2) is 9.26. The molecule has 0 spiro atoms. The van der Waals surface area contributed by atoms with Gasteiger partial charge in [0.2, 0.25) is 5.70 Å². The van der Waals surface area contributed by atoms with Crippen molar-refractivity contribution in [2.45, 2.75) is 19.4 Å². The highest BCUT2D eigenvalue weighted by Crippen LogP contribution is 2.42. The lowest BCUT2D eigenvalue weighted by Crippen LogP contribution is -2.20. The van der Waals surface area contributed by atoms with Crippen LogP contribution in [-0.4, -0.2) is 19.7 Å². The zero-order valence-electron chi connectivity index (χ0n) is 20.8. The molecule has 0 saturated carbocycles. The maximum Gasteiger partial charge on any atom is 0.292 e. The first-order valence-corrected chi connectivity index (χ1v) is 13.1. The fourth-order valence-corrected chi connectivity index (χ4v) is 6.51. The lowest BCUT2D eigenvalue weighted by atomic mass is 9.97. The molecule has 7 heteroatoms. The average molecular weight is 519 g/mol. The first kappa shape index (κ1) is 24.3. The summed E-state index contributed by atoms with van der Waals surface area (Å²) in [5.74, 6) is 0.0703. The summed E-state index contributed by atoms with van der Waals surface area (Å²) in [6.07, 6.45) is 3.86. The molecule has 0 bridgehead atoms. The van der Waals surface area contributed by atoms with E-state index in [1.54, 1.807) is 22.7 Å². The van der Waals surface area contributed by atoms with Crippen LogP contribution in [0.2, 0.25) is 0 Å². The minimum absolute atomic E-state index is 0.0703. The number of allylic oxidation sites excluding steroid dienone is 1. The van der Waals surface area contributed by atoms with Crippen molar-refractivity contribution < 1.29 is 4.74 Å². The second-order valence-electron chi connectivity index (χ2n) is 9.35. The molecule has 0 atom stereocenters. The number of nitrogens with zero attached hydrogens (tertiary/aromatic N) is 4. The van der Waals surface area contributed by atoms with Crippen LogP contribution >= 0.6 is 22.7 Å². The van der Waals surface area contributed by atoms with E-state index in [0.29, 0.717) is 5.57 Å². The van der Waals surface area contributed by atoms with Crippen LogP contribution in [0.1, 0.15) is 18.7 Å². The Balaban J connectivity index is 1.48. The lowest BCUT2D eigenvalue weighted by Gasteiger charge is -2.21. The molecule has 0 aliphatic carbocycles. The molecule has 5 nitrogen and oxygen atoms in total. The van der Waals surface area contributed by atoms with Crippen molar-refractivity contribution in [1.82, 2.24) is 0 Å². The predicted octanol–water partition coefficient (Wildman–Crippen LogP) is 8.50. The Morgan fingerprint density at radius 1 is 1.00 bits per heavy atom. The number of hydrogen-bond donors (Lipinski definition) is 0. The molecule has 2 aromatic carbocycles. The zero-order valence-corrected chi connectivity index (χ0v) is 22.4. The molecule has 0 saturated heterocycles. The number of anilines is 1. The second-order valence-corrected chi connectivity index (χ2v) is 11.5. The average Bonchev–Trinajstić information content (AvgIpc) is 3.54.